The molecule has 0 radical (unpaired) electrons. The molecule has 0 rings (SSSR count). The number of rotatable bonds is 6. The van der Waals surface area contributed by atoms with Gasteiger partial charge < -0.3 is 11.5 Å². The number of nitrogens with two attached hydrogens (primary N) is 2. The van der Waals surface area contributed by atoms with Crippen molar-refractivity contribution in [2.24, 2.45) is 26.9 Å². The highest BCUT2D eigenvalue weighted by atomic mass is 15.2. The van der Waals surface area contributed by atoms with Gasteiger partial charge in [0.25, 0.3) is 0 Å². The van der Waals surface area contributed by atoms with E-state index in [1.165, 1.54) is 25.7 Å². The van der Waals surface area contributed by atoms with Crippen LogP contribution in [0.2, 0.25) is 0 Å². The van der Waals surface area contributed by atoms with Gasteiger partial charge in [0.05, 0.1) is 5.54 Å². The SMILES string of the molecule is CC.CC(C)(C)CCCCCCN=C(N)NC(N)=NC(C)(C)C. The number of aliphatic imine (C=N–C) groups is 2. The predicted octanol–water partition coefficient (Wildman–Crippen LogP) is 4.03. The lowest BCUT2D eigenvalue weighted by Crippen LogP contribution is -2.43. The number of unbranched alkanes of at least 4 members (excludes halogenated alkanes) is 3. The molecule has 0 bridgehead atoms. The Morgan fingerprint density at radius 3 is 1.83 bits per heavy atom. The number of hydrogen-bond acceptors (Lipinski definition) is 2. The van der Waals surface area contributed by atoms with E-state index in [-0.39, 0.29) is 5.54 Å². The number of nitrogens with zero attached hydrogens (tertiary/aromatic N) is 2. The van der Waals surface area contributed by atoms with Crippen LogP contribution in [0.3, 0.4) is 0 Å². The summed E-state index contributed by atoms with van der Waals surface area (Å²) in [4.78, 5) is 8.53. The van der Waals surface area contributed by atoms with Gasteiger partial charge in [-0.2, -0.15) is 0 Å². The van der Waals surface area contributed by atoms with Crippen molar-refractivity contribution in [1.29, 1.82) is 0 Å². The van der Waals surface area contributed by atoms with Crippen molar-refractivity contribution in [3.8, 4) is 0 Å². The van der Waals surface area contributed by atoms with Crippen molar-refractivity contribution in [2.45, 2.75) is 93.0 Å². The van der Waals surface area contributed by atoms with Crippen LogP contribution in [0.25, 0.3) is 0 Å². The van der Waals surface area contributed by atoms with Crippen LogP contribution in [0.5, 0.6) is 0 Å². The quantitative estimate of drug-likeness (QED) is 0.391. The molecule has 0 aliphatic carbocycles. The summed E-state index contributed by atoms with van der Waals surface area (Å²) >= 11 is 0. The Balaban J connectivity index is 0. The van der Waals surface area contributed by atoms with Crippen LogP contribution in [0, 0.1) is 5.41 Å². The summed E-state index contributed by atoms with van der Waals surface area (Å²) < 4.78 is 0. The van der Waals surface area contributed by atoms with Gasteiger partial charge in [0, 0.05) is 6.54 Å². The highest BCUT2D eigenvalue weighted by Crippen LogP contribution is 2.22. The van der Waals surface area contributed by atoms with Gasteiger partial charge in [0.15, 0.2) is 11.9 Å². The third kappa shape index (κ3) is 20.7. The highest BCUT2D eigenvalue weighted by Gasteiger charge is 2.09. The Bertz CT molecular complexity index is 345. The fourth-order valence-electron chi connectivity index (χ4n) is 1.88. The molecule has 0 saturated carbocycles. The zero-order valence-electron chi connectivity index (χ0n) is 16.8. The molecule has 0 amide bonds. The highest BCUT2D eigenvalue weighted by molar-refractivity contribution is 5.97. The molecule has 0 saturated heterocycles. The van der Waals surface area contributed by atoms with Crippen molar-refractivity contribution in [3.05, 3.63) is 0 Å². The van der Waals surface area contributed by atoms with E-state index in [4.69, 9.17) is 11.5 Å². The zero-order chi connectivity index (χ0) is 18.5. The average Bonchev–Trinajstić information content (AvgIpc) is 2.36. The molecular weight excluding hydrogens is 286 g/mol. The lowest BCUT2D eigenvalue weighted by molar-refractivity contribution is 0.357. The van der Waals surface area contributed by atoms with E-state index >= 15 is 0 Å². The van der Waals surface area contributed by atoms with Gasteiger partial charge in [-0.05, 0) is 39.0 Å². The van der Waals surface area contributed by atoms with Crippen LogP contribution in [0.4, 0.5) is 0 Å². The van der Waals surface area contributed by atoms with Crippen molar-refractivity contribution in [1.82, 2.24) is 5.32 Å². The van der Waals surface area contributed by atoms with Crippen LogP contribution >= 0.6 is 0 Å². The van der Waals surface area contributed by atoms with Gasteiger partial charge >= 0.3 is 0 Å². The Labute approximate surface area is 144 Å². The monoisotopic (exact) mass is 327 g/mol. The fourth-order valence-corrected chi connectivity index (χ4v) is 1.88. The molecule has 5 heteroatoms. The smallest absolute Gasteiger partial charge is 0.195 e. The van der Waals surface area contributed by atoms with E-state index in [1.807, 2.05) is 34.6 Å². The van der Waals surface area contributed by atoms with Crippen LogP contribution in [0.15, 0.2) is 9.98 Å². The predicted molar refractivity (Wildman–Crippen MR) is 105 cm³/mol. The lowest BCUT2D eigenvalue weighted by Gasteiger charge is -2.17. The van der Waals surface area contributed by atoms with Crippen molar-refractivity contribution in [3.63, 3.8) is 0 Å². The second kappa shape index (κ2) is 12.2. The molecule has 0 heterocycles. The standard InChI is InChI=1S/C16H35N5.C2H6/c1-15(2,3)11-9-7-8-10-12-19-13(17)20-14(18)21-16(4,5)6;1-2/h7-12H2,1-6H3,(H5,17,18,19,20,21);1-2H3. The average molecular weight is 328 g/mol. The van der Waals surface area contributed by atoms with E-state index in [0.717, 1.165) is 13.0 Å². The Morgan fingerprint density at radius 1 is 0.826 bits per heavy atom. The number of hydrogen-bond donors (Lipinski definition) is 3. The molecule has 0 aromatic rings. The van der Waals surface area contributed by atoms with Crippen LogP contribution in [-0.4, -0.2) is 24.0 Å². The normalized spacial score (nSPS) is 13.4. The zero-order valence-corrected chi connectivity index (χ0v) is 16.8. The molecule has 0 aliphatic rings. The molecule has 0 atom stereocenters. The summed E-state index contributed by atoms with van der Waals surface area (Å²) in [5, 5.41) is 2.81. The largest absolute Gasteiger partial charge is 0.370 e. The summed E-state index contributed by atoms with van der Waals surface area (Å²) in [6.45, 7) is 17.5. The third-order valence-electron chi connectivity index (χ3n) is 2.83. The molecule has 138 valence electrons. The van der Waals surface area contributed by atoms with Gasteiger partial charge in [-0.15, -0.1) is 0 Å². The minimum atomic E-state index is -0.218. The van der Waals surface area contributed by atoms with Crippen LogP contribution < -0.4 is 16.8 Å². The first kappa shape index (κ1) is 24.0. The van der Waals surface area contributed by atoms with Crippen LogP contribution in [0.1, 0.15) is 87.5 Å². The van der Waals surface area contributed by atoms with Crippen molar-refractivity contribution >= 4 is 11.9 Å². The maximum absolute atomic E-state index is 5.77. The Kier molecular flexibility index (Phi) is 12.7. The first-order valence-electron chi connectivity index (χ1n) is 8.92. The molecular formula is C18H41N5. The van der Waals surface area contributed by atoms with Gasteiger partial charge in [0.1, 0.15) is 0 Å². The maximum Gasteiger partial charge on any atom is 0.195 e. The maximum atomic E-state index is 5.77. The summed E-state index contributed by atoms with van der Waals surface area (Å²) in [5.74, 6) is 0.657. The molecule has 23 heavy (non-hydrogen) atoms. The van der Waals surface area contributed by atoms with Crippen LogP contribution in [-0.2, 0) is 0 Å². The third-order valence-corrected chi connectivity index (χ3v) is 2.83. The van der Waals surface area contributed by atoms with Gasteiger partial charge in [0.2, 0.25) is 0 Å². The molecule has 0 unspecified atom stereocenters. The summed E-state index contributed by atoms with van der Waals surface area (Å²) in [6.07, 6.45) is 6.07. The minimum Gasteiger partial charge on any atom is -0.370 e. The first-order chi connectivity index (χ1) is 10.5. The first-order valence-corrected chi connectivity index (χ1v) is 8.92. The Hall–Kier alpha value is -1.26. The molecule has 0 aromatic carbocycles. The van der Waals surface area contributed by atoms with E-state index in [0.29, 0.717) is 17.3 Å². The van der Waals surface area contributed by atoms with Gasteiger partial charge in [-0.1, -0.05) is 53.9 Å². The van der Waals surface area contributed by atoms with E-state index < -0.39 is 0 Å². The fraction of sp³-hybridized carbons (Fsp3) is 0.889. The topological polar surface area (TPSA) is 88.8 Å². The van der Waals surface area contributed by atoms with E-state index in [2.05, 4.69) is 36.1 Å². The molecule has 5 N–H and O–H groups in total. The van der Waals surface area contributed by atoms with Gasteiger partial charge in [-0.25, -0.2) is 4.99 Å². The van der Waals surface area contributed by atoms with Crippen molar-refractivity contribution in [2.75, 3.05) is 6.54 Å². The number of nitrogens with one attached hydrogen (secondary N) is 1. The summed E-state index contributed by atoms with van der Waals surface area (Å²) in [6, 6.07) is 0. The molecule has 5 nitrogen and oxygen atoms in total. The second-order valence-corrected chi connectivity index (χ2v) is 7.78. The van der Waals surface area contributed by atoms with E-state index in [9.17, 15) is 0 Å². The van der Waals surface area contributed by atoms with Crippen molar-refractivity contribution < 1.29 is 0 Å². The minimum absolute atomic E-state index is 0.218. The number of guanidine groups is 2. The summed E-state index contributed by atoms with van der Waals surface area (Å²) in [5.41, 5.74) is 11.7. The Morgan fingerprint density at radius 2 is 1.35 bits per heavy atom. The second-order valence-electron chi connectivity index (χ2n) is 7.78. The lowest BCUT2D eigenvalue weighted by atomic mass is 9.89. The summed E-state index contributed by atoms with van der Waals surface area (Å²) in [7, 11) is 0. The van der Waals surface area contributed by atoms with Gasteiger partial charge in [-0.3, -0.25) is 10.3 Å². The molecule has 0 aromatic heterocycles. The van der Waals surface area contributed by atoms with E-state index in [1.54, 1.807) is 0 Å². The molecule has 0 fully saturated rings. The molecule has 0 spiro atoms. The molecule has 0 aliphatic heterocycles.